The van der Waals surface area contributed by atoms with E-state index in [2.05, 4.69) is 13.8 Å². The standard InChI is InChI=1S/C23H30O5/c1-21(2)18-17(24)16(19(25)26-3)12-22(18)10-11-23(14-22,27-4)20(21)28-13-15-8-6-5-7-9-15/h5-9,16,18,20H,10-14H2,1-4H3/t16?,18-,20+,22-,23+/m0/s1. The molecule has 152 valence electrons. The van der Waals surface area contributed by atoms with Crippen LogP contribution in [0.3, 0.4) is 0 Å². The van der Waals surface area contributed by atoms with Gasteiger partial charge in [0.15, 0.2) is 5.78 Å². The van der Waals surface area contributed by atoms with Crippen molar-refractivity contribution in [3.8, 4) is 0 Å². The summed E-state index contributed by atoms with van der Waals surface area (Å²) in [5.41, 5.74) is 0.0613. The first-order valence-corrected chi connectivity index (χ1v) is 10.1. The molecule has 0 aromatic heterocycles. The molecular formula is C23H30O5. The van der Waals surface area contributed by atoms with E-state index < -0.39 is 22.9 Å². The maximum Gasteiger partial charge on any atom is 0.316 e. The first kappa shape index (κ1) is 19.6. The Balaban J connectivity index is 1.69. The van der Waals surface area contributed by atoms with Crippen LogP contribution in [0.5, 0.6) is 0 Å². The van der Waals surface area contributed by atoms with Crippen LogP contribution in [0.4, 0.5) is 0 Å². The second-order valence-corrected chi connectivity index (χ2v) is 9.42. The number of carbonyl (C=O) groups excluding carboxylic acids is 2. The summed E-state index contributed by atoms with van der Waals surface area (Å²) in [6.45, 7) is 4.70. The monoisotopic (exact) mass is 386 g/mol. The third-order valence-corrected chi connectivity index (χ3v) is 7.60. The molecule has 1 spiro atoms. The number of ketones is 1. The minimum absolute atomic E-state index is 0.0248. The van der Waals surface area contributed by atoms with Gasteiger partial charge in [0.1, 0.15) is 5.92 Å². The van der Waals surface area contributed by atoms with Crippen LogP contribution in [0.1, 0.15) is 45.1 Å². The van der Waals surface area contributed by atoms with Gasteiger partial charge in [-0.15, -0.1) is 0 Å². The predicted octanol–water partition coefficient (Wildman–Crippen LogP) is 3.55. The molecule has 3 saturated carbocycles. The van der Waals surface area contributed by atoms with Crippen LogP contribution in [0.2, 0.25) is 0 Å². The fourth-order valence-corrected chi connectivity index (χ4v) is 6.73. The quantitative estimate of drug-likeness (QED) is 0.572. The van der Waals surface area contributed by atoms with Gasteiger partial charge in [-0.3, -0.25) is 9.59 Å². The molecule has 3 aliphatic rings. The zero-order chi connectivity index (χ0) is 20.2. The molecule has 5 atom stereocenters. The van der Waals surface area contributed by atoms with Crippen molar-refractivity contribution in [1.82, 2.24) is 0 Å². The lowest BCUT2D eigenvalue weighted by Crippen LogP contribution is -2.61. The van der Waals surface area contributed by atoms with E-state index in [4.69, 9.17) is 14.2 Å². The number of hydrogen-bond donors (Lipinski definition) is 0. The molecule has 1 unspecified atom stereocenters. The smallest absolute Gasteiger partial charge is 0.316 e. The van der Waals surface area contributed by atoms with Crippen LogP contribution >= 0.6 is 0 Å². The van der Waals surface area contributed by atoms with Crippen molar-refractivity contribution >= 4 is 11.8 Å². The Labute approximate surface area is 166 Å². The molecule has 3 aliphatic carbocycles. The molecule has 0 amide bonds. The molecule has 4 rings (SSSR count). The average Bonchev–Trinajstić information content (AvgIpc) is 3.18. The van der Waals surface area contributed by atoms with Crippen molar-refractivity contribution in [2.75, 3.05) is 14.2 Å². The Morgan fingerprint density at radius 3 is 2.50 bits per heavy atom. The molecule has 0 aliphatic heterocycles. The minimum Gasteiger partial charge on any atom is -0.468 e. The van der Waals surface area contributed by atoms with Crippen molar-refractivity contribution in [2.45, 2.75) is 57.8 Å². The summed E-state index contributed by atoms with van der Waals surface area (Å²) in [7, 11) is 3.11. The maximum atomic E-state index is 13.4. The predicted molar refractivity (Wildman–Crippen MR) is 103 cm³/mol. The highest BCUT2D eigenvalue weighted by Gasteiger charge is 2.73. The molecule has 0 heterocycles. The number of carbonyl (C=O) groups is 2. The van der Waals surface area contributed by atoms with Gasteiger partial charge in [0.2, 0.25) is 0 Å². The number of ether oxygens (including phenoxy) is 3. The maximum absolute atomic E-state index is 13.4. The van der Waals surface area contributed by atoms with Crippen molar-refractivity contribution in [2.24, 2.45) is 22.7 Å². The second kappa shape index (κ2) is 6.67. The van der Waals surface area contributed by atoms with Crippen molar-refractivity contribution in [1.29, 1.82) is 0 Å². The molecule has 3 fully saturated rings. The van der Waals surface area contributed by atoms with E-state index >= 15 is 0 Å². The van der Waals surface area contributed by atoms with Crippen LogP contribution in [-0.4, -0.2) is 37.7 Å². The summed E-state index contributed by atoms with van der Waals surface area (Å²) in [5, 5.41) is 0. The van der Waals surface area contributed by atoms with Gasteiger partial charge < -0.3 is 14.2 Å². The Morgan fingerprint density at radius 2 is 1.86 bits per heavy atom. The van der Waals surface area contributed by atoms with E-state index in [-0.39, 0.29) is 23.2 Å². The van der Waals surface area contributed by atoms with Gasteiger partial charge in [-0.1, -0.05) is 44.2 Å². The number of fused-ring (bicyclic) bond motifs is 1. The summed E-state index contributed by atoms with van der Waals surface area (Å²) >= 11 is 0. The Hall–Kier alpha value is -1.72. The summed E-state index contributed by atoms with van der Waals surface area (Å²) in [6.07, 6.45) is 2.86. The van der Waals surface area contributed by atoms with Crippen molar-refractivity contribution < 1.29 is 23.8 Å². The van der Waals surface area contributed by atoms with Gasteiger partial charge in [0.05, 0.1) is 25.4 Å². The SMILES string of the molecule is COC(=O)C1C[C@@]23CC[C@@](OC)(C2)[C@H](OCc2ccccc2)C(C)(C)[C@@H]3C1=O. The van der Waals surface area contributed by atoms with Crippen LogP contribution < -0.4 is 0 Å². The molecule has 0 radical (unpaired) electrons. The highest BCUT2D eigenvalue weighted by atomic mass is 16.5. The normalized spacial score (nSPS) is 38.3. The van der Waals surface area contributed by atoms with Crippen LogP contribution in [0.25, 0.3) is 0 Å². The molecule has 1 aromatic rings. The summed E-state index contributed by atoms with van der Waals surface area (Å²) in [4.78, 5) is 25.6. The first-order chi connectivity index (χ1) is 13.3. The number of benzene rings is 1. The third kappa shape index (κ3) is 2.66. The molecule has 28 heavy (non-hydrogen) atoms. The van der Waals surface area contributed by atoms with Crippen LogP contribution in [0.15, 0.2) is 30.3 Å². The molecule has 0 saturated heterocycles. The average molecular weight is 386 g/mol. The van der Waals surface area contributed by atoms with Crippen molar-refractivity contribution in [3.05, 3.63) is 35.9 Å². The number of Topliss-reactive ketones (excluding diaryl/α,β-unsaturated/α-hetero) is 1. The van der Waals surface area contributed by atoms with Gasteiger partial charge in [0, 0.05) is 18.4 Å². The van der Waals surface area contributed by atoms with Gasteiger partial charge in [-0.25, -0.2) is 0 Å². The number of hydrogen-bond acceptors (Lipinski definition) is 5. The number of methoxy groups -OCH3 is 2. The molecule has 0 N–H and O–H groups in total. The molecule has 5 nitrogen and oxygen atoms in total. The lowest BCUT2D eigenvalue weighted by Gasteiger charge is -2.55. The van der Waals surface area contributed by atoms with Gasteiger partial charge in [-0.2, -0.15) is 0 Å². The van der Waals surface area contributed by atoms with E-state index in [9.17, 15) is 9.59 Å². The Morgan fingerprint density at radius 1 is 1.14 bits per heavy atom. The highest BCUT2D eigenvalue weighted by molar-refractivity contribution is 6.03. The summed E-state index contributed by atoms with van der Waals surface area (Å²) < 4.78 is 17.5. The first-order valence-electron chi connectivity index (χ1n) is 10.1. The lowest BCUT2D eigenvalue weighted by atomic mass is 9.55. The van der Waals surface area contributed by atoms with Gasteiger partial charge >= 0.3 is 5.97 Å². The molecule has 5 heteroatoms. The van der Waals surface area contributed by atoms with Crippen molar-refractivity contribution in [3.63, 3.8) is 0 Å². The zero-order valence-corrected chi connectivity index (χ0v) is 17.2. The molecule has 2 bridgehead atoms. The topological polar surface area (TPSA) is 61.8 Å². The minimum atomic E-state index is -0.658. The van der Waals surface area contributed by atoms with E-state index in [1.807, 2.05) is 30.3 Å². The number of rotatable bonds is 5. The Kier molecular flexibility index (Phi) is 4.66. The van der Waals surface area contributed by atoms with Crippen LogP contribution in [-0.2, 0) is 30.4 Å². The fourth-order valence-electron chi connectivity index (χ4n) is 6.73. The third-order valence-electron chi connectivity index (χ3n) is 7.60. The van der Waals surface area contributed by atoms with Gasteiger partial charge in [-0.05, 0) is 36.7 Å². The summed E-state index contributed by atoms with van der Waals surface area (Å²) in [5.74, 6) is -1.25. The van der Waals surface area contributed by atoms with Gasteiger partial charge in [0.25, 0.3) is 0 Å². The largest absolute Gasteiger partial charge is 0.468 e. The molecule has 1 aromatic carbocycles. The Bertz CT molecular complexity index is 772. The second-order valence-electron chi connectivity index (χ2n) is 9.42. The number of esters is 1. The fraction of sp³-hybridized carbons (Fsp3) is 0.652. The van der Waals surface area contributed by atoms with E-state index in [1.165, 1.54) is 7.11 Å². The summed E-state index contributed by atoms with van der Waals surface area (Å²) in [6, 6.07) is 10.1. The highest BCUT2D eigenvalue weighted by Crippen LogP contribution is 2.70. The van der Waals surface area contributed by atoms with E-state index in [0.29, 0.717) is 13.0 Å². The zero-order valence-electron chi connectivity index (χ0n) is 17.2. The van der Waals surface area contributed by atoms with Crippen LogP contribution in [0, 0.1) is 22.7 Å². The molecular weight excluding hydrogens is 356 g/mol. The lowest BCUT2D eigenvalue weighted by molar-refractivity contribution is -0.217. The van der Waals surface area contributed by atoms with E-state index in [0.717, 1.165) is 24.8 Å². The van der Waals surface area contributed by atoms with E-state index in [1.54, 1.807) is 7.11 Å².